The number of anilines is 1. The summed E-state index contributed by atoms with van der Waals surface area (Å²) in [5, 5.41) is 16.8. The summed E-state index contributed by atoms with van der Waals surface area (Å²) in [6, 6.07) is 9.68. The van der Waals surface area contributed by atoms with Crippen molar-refractivity contribution in [3.8, 4) is 0 Å². The number of hydrogen-bond donors (Lipinski definition) is 2. The molecule has 0 unspecified atom stereocenters. The summed E-state index contributed by atoms with van der Waals surface area (Å²) in [6.07, 6.45) is 0.872. The van der Waals surface area contributed by atoms with E-state index in [-0.39, 0.29) is 23.6 Å². The molecule has 0 saturated heterocycles. The third kappa shape index (κ3) is 5.23. The van der Waals surface area contributed by atoms with Crippen molar-refractivity contribution in [3.05, 3.63) is 69.4 Å². The Morgan fingerprint density at radius 1 is 1.21 bits per heavy atom. The second-order valence-electron chi connectivity index (χ2n) is 7.02. The Morgan fingerprint density at radius 2 is 1.91 bits per heavy atom. The smallest absolute Gasteiger partial charge is 0.343 e. The number of rotatable bonds is 5. The lowest BCUT2D eigenvalue weighted by atomic mass is 10.1. The lowest BCUT2D eigenvalue weighted by Crippen LogP contribution is -2.35. The van der Waals surface area contributed by atoms with Gasteiger partial charge < -0.3 is 15.4 Å². The molecule has 0 aliphatic carbocycles. The van der Waals surface area contributed by atoms with Crippen LogP contribution >= 0.6 is 0 Å². The topological polar surface area (TPSA) is 157 Å². The Bertz CT molecular complexity index is 1330. The van der Waals surface area contributed by atoms with Crippen LogP contribution in [-0.2, 0) is 19.4 Å². The molecule has 3 rings (SSSR count). The molecular weight excluding hydrogens is 452 g/mol. The molecule has 11 nitrogen and oxygen atoms in total. The fraction of sp³-hybridized carbons (Fsp3) is 0.190. The van der Waals surface area contributed by atoms with E-state index < -0.39 is 37.2 Å². The number of nitrogens with one attached hydrogen (secondary N) is 2. The van der Waals surface area contributed by atoms with Crippen molar-refractivity contribution in [2.24, 2.45) is 4.99 Å². The van der Waals surface area contributed by atoms with Crippen LogP contribution in [0.15, 0.2) is 63.6 Å². The highest BCUT2D eigenvalue weighted by molar-refractivity contribution is 7.90. The van der Waals surface area contributed by atoms with Gasteiger partial charge in [0.15, 0.2) is 9.84 Å². The van der Waals surface area contributed by atoms with E-state index in [0.717, 1.165) is 24.5 Å². The van der Waals surface area contributed by atoms with Crippen LogP contribution in [0.5, 0.6) is 0 Å². The Kier molecular flexibility index (Phi) is 6.58. The number of amides is 1. The van der Waals surface area contributed by atoms with Crippen LogP contribution in [-0.4, -0.2) is 43.9 Å². The van der Waals surface area contributed by atoms with Crippen molar-refractivity contribution < 1.29 is 27.7 Å². The third-order valence-electron chi connectivity index (χ3n) is 4.57. The number of aliphatic imine (C=N–C) groups is 1. The molecule has 1 heterocycles. The van der Waals surface area contributed by atoms with E-state index in [4.69, 9.17) is 4.74 Å². The van der Waals surface area contributed by atoms with E-state index in [1.54, 1.807) is 38.1 Å². The van der Waals surface area contributed by atoms with Gasteiger partial charge in [0.25, 0.3) is 11.6 Å². The number of carbonyl (C=O) groups excluding carboxylic acids is 2. The molecule has 2 N–H and O–H groups in total. The predicted octanol–water partition coefficient (Wildman–Crippen LogP) is 2.72. The fourth-order valence-electron chi connectivity index (χ4n) is 3.05. The van der Waals surface area contributed by atoms with Gasteiger partial charge in [-0.1, -0.05) is 12.1 Å². The molecule has 0 bridgehead atoms. The number of fused-ring (bicyclic) bond motifs is 1. The van der Waals surface area contributed by atoms with Gasteiger partial charge in [-0.05, 0) is 32.0 Å². The largest absolute Gasteiger partial charge is 0.462 e. The van der Waals surface area contributed by atoms with Crippen LogP contribution in [0.3, 0.4) is 0 Å². The molecule has 2 aromatic rings. The molecule has 1 aliphatic rings. The molecule has 1 aliphatic heterocycles. The highest BCUT2D eigenvalue weighted by Gasteiger charge is 2.27. The number of allylic oxidation sites excluding steroid dienone is 1. The van der Waals surface area contributed by atoms with Gasteiger partial charge in [0, 0.05) is 29.6 Å². The molecule has 0 fully saturated rings. The number of para-hydroxylation sites is 2. The maximum Gasteiger partial charge on any atom is 0.343 e. The van der Waals surface area contributed by atoms with Crippen LogP contribution in [0.1, 0.15) is 24.2 Å². The number of nitro benzene ring substituents is 1. The molecule has 12 heteroatoms. The zero-order chi connectivity index (χ0) is 24.3. The monoisotopic (exact) mass is 472 g/mol. The Morgan fingerprint density at radius 3 is 2.55 bits per heavy atom. The summed E-state index contributed by atoms with van der Waals surface area (Å²) in [6.45, 7) is 3.30. The van der Waals surface area contributed by atoms with E-state index >= 15 is 0 Å². The van der Waals surface area contributed by atoms with Crippen LogP contribution in [0.2, 0.25) is 0 Å². The van der Waals surface area contributed by atoms with Gasteiger partial charge in [0.1, 0.15) is 11.4 Å². The minimum absolute atomic E-state index is 0.0461. The zero-order valence-electron chi connectivity index (χ0n) is 17.9. The van der Waals surface area contributed by atoms with Crippen LogP contribution in [0, 0.1) is 10.1 Å². The highest BCUT2D eigenvalue weighted by atomic mass is 32.2. The Balaban J connectivity index is 2.11. The number of nitro groups is 1. The Hall–Kier alpha value is -4.06. The molecule has 1 amide bonds. The lowest BCUT2D eigenvalue weighted by molar-refractivity contribution is -0.385. The van der Waals surface area contributed by atoms with Gasteiger partial charge in [-0.2, -0.15) is 0 Å². The molecule has 0 radical (unpaired) electrons. The first-order chi connectivity index (χ1) is 15.5. The molecule has 33 heavy (non-hydrogen) atoms. The van der Waals surface area contributed by atoms with Gasteiger partial charge in [-0.15, -0.1) is 0 Å². The molecular formula is C21H20N4O7S. The lowest BCUT2D eigenvalue weighted by Gasteiger charge is -2.13. The SMILES string of the molecule is CCOC(=O)C1=C(C)Nc2ccccc2N=C1NC(=O)c1cc([N+](=O)[O-])cc(S(C)(=O)=O)c1. The molecule has 0 saturated carbocycles. The number of nitrogens with zero attached hydrogens (tertiary/aromatic N) is 2. The van der Waals surface area contributed by atoms with E-state index in [1.807, 2.05) is 0 Å². The van der Waals surface area contributed by atoms with Crippen LogP contribution in [0.25, 0.3) is 0 Å². The number of benzene rings is 2. The fourth-order valence-corrected chi connectivity index (χ4v) is 3.73. The van der Waals surface area contributed by atoms with Crippen molar-refractivity contribution in [2.75, 3.05) is 18.2 Å². The first kappa shape index (κ1) is 23.6. The van der Waals surface area contributed by atoms with Crippen molar-refractivity contribution in [1.82, 2.24) is 5.32 Å². The minimum Gasteiger partial charge on any atom is -0.462 e. The molecule has 0 aromatic heterocycles. The minimum atomic E-state index is -3.84. The van der Waals surface area contributed by atoms with Gasteiger partial charge in [0.05, 0.1) is 27.8 Å². The maximum absolute atomic E-state index is 13.0. The molecule has 0 spiro atoms. The first-order valence-electron chi connectivity index (χ1n) is 9.65. The van der Waals surface area contributed by atoms with Crippen molar-refractivity contribution in [1.29, 1.82) is 0 Å². The number of hydrogen-bond acceptors (Lipinski definition) is 9. The summed E-state index contributed by atoms with van der Waals surface area (Å²) >= 11 is 0. The van der Waals surface area contributed by atoms with E-state index in [2.05, 4.69) is 15.6 Å². The number of esters is 1. The molecule has 2 aromatic carbocycles. The summed E-state index contributed by atoms with van der Waals surface area (Å²) in [5.74, 6) is -1.79. The third-order valence-corrected chi connectivity index (χ3v) is 5.67. The standard InChI is InChI=1S/C21H20N4O7S/c1-4-32-21(27)18-12(2)22-16-7-5-6-8-17(16)23-19(18)24-20(26)13-9-14(25(28)29)11-15(10-13)33(3,30)31/h5-11,22H,4H2,1-3H3,(H,23,24,26). The highest BCUT2D eigenvalue weighted by Crippen LogP contribution is 2.30. The molecule has 0 atom stereocenters. The summed E-state index contributed by atoms with van der Waals surface area (Å²) in [7, 11) is -3.84. The average Bonchev–Trinajstić information content (AvgIpc) is 2.87. The first-order valence-corrected chi connectivity index (χ1v) is 11.5. The second kappa shape index (κ2) is 9.20. The van der Waals surface area contributed by atoms with Crippen LogP contribution in [0.4, 0.5) is 17.1 Å². The van der Waals surface area contributed by atoms with Gasteiger partial charge in [-0.3, -0.25) is 14.9 Å². The predicted molar refractivity (Wildman–Crippen MR) is 120 cm³/mol. The van der Waals surface area contributed by atoms with Gasteiger partial charge in [-0.25, -0.2) is 18.2 Å². The number of sulfone groups is 1. The summed E-state index contributed by atoms with van der Waals surface area (Å²) < 4.78 is 29.0. The van der Waals surface area contributed by atoms with E-state index in [9.17, 15) is 28.1 Å². The van der Waals surface area contributed by atoms with Gasteiger partial charge >= 0.3 is 5.97 Å². The number of ether oxygens (including phenoxy) is 1. The number of carbonyl (C=O) groups is 2. The number of amidine groups is 1. The number of non-ortho nitro benzene ring substituents is 1. The van der Waals surface area contributed by atoms with Gasteiger partial charge in [0.2, 0.25) is 0 Å². The second-order valence-corrected chi connectivity index (χ2v) is 9.04. The Labute approximate surface area is 189 Å². The van der Waals surface area contributed by atoms with Crippen LogP contribution < -0.4 is 10.6 Å². The van der Waals surface area contributed by atoms with E-state index in [0.29, 0.717) is 17.1 Å². The quantitative estimate of drug-likeness (QED) is 0.382. The van der Waals surface area contributed by atoms with E-state index in [1.165, 1.54) is 0 Å². The van der Waals surface area contributed by atoms with Crippen molar-refractivity contribution >= 4 is 44.6 Å². The van der Waals surface area contributed by atoms with Crippen molar-refractivity contribution in [2.45, 2.75) is 18.7 Å². The zero-order valence-corrected chi connectivity index (χ0v) is 18.7. The van der Waals surface area contributed by atoms with Crippen molar-refractivity contribution in [3.63, 3.8) is 0 Å². The summed E-state index contributed by atoms with van der Waals surface area (Å²) in [4.78, 5) is 40.1. The maximum atomic E-state index is 13.0. The summed E-state index contributed by atoms with van der Waals surface area (Å²) in [5.41, 5.74) is 0.440. The molecule has 172 valence electrons. The average molecular weight is 472 g/mol. The normalized spacial score (nSPS) is 13.2.